The van der Waals surface area contributed by atoms with Crippen molar-refractivity contribution in [2.24, 2.45) is 5.92 Å². The normalized spacial score (nSPS) is 20.3. The maximum atomic E-state index is 12.9. The maximum absolute atomic E-state index is 12.9. The van der Waals surface area contributed by atoms with Gasteiger partial charge in [0.1, 0.15) is 11.3 Å². The summed E-state index contributed by atoms with van der Waals surface area (Å²) in [6.07, 6.45) is 11.5. The van der Waals surface area contributed by atoms with Gasteiger partial charge >= 0.3 is 5.63 Å². The first-order valence-corrected chi connectivity index (χ1v) is 14.1. The van der Waals surface area contributed by atoms with Crippen molar-refractivity contribution in [1.82, 2.24) is 9.80 Å². The number of carbonyl (C=O) groups excluding carboxylic acids is 1. The Hall–Kier alpha value is -2.34. The number of hydrogen-bond acceptors (Lipinski definition) is 5. The minimum absolute atomic E-state index is 0.0112. The fourth-order valence-electron chi connectivity index (χ4n) is 6.24. The van der Waals surface area contributed by atoms with Crippen LogP contribution in [0.4, 0.5) is 0 Å². The number of aryl methyl sites for hydroxylation is 2. The quantitative estimate of drug-likeness (QED) is 0.315. The van der Waals surface area contributed by atoms with E-state index >= 15 is 0 Å². The number of ether oxygens (including phenoxy) is 1. The van der Waals surface area contributed by atoms with E-state index in [-0.39, 0.29) is 18.1 Å². The lowest BCUT2D eigenvalue weighted by molar-refractivity contribution is -0.133. The number of likely N-dealkylation sites (N-methyl/N-ethyl adjacent to an activating group) is 1. The van der Waals surface area contributed by atoms with Gasteiger partial charge in [-0.2, -0.15) is 0 Å². The third kappa shape index (κ3) is 5.96. The van der Waals surface area contributed by atoms with E-state index in [0.29, 0.717) is 23.3 Å². The van der Waals surface area contributed by atoms with E-state index in [9.17, 15) is 9.59 Å². The molecule has 0 saturated carbocycles. The van der Waals surface area contributed by atoms with Gasteiger partial charge in [-0.3, -0.25) is 4.79 Å². The van der Waals surface area contributed by atoms with Crippen molar-refractivity contribution in [3.8, 4) is 5.75 Å². The number of rotatable bonds is 10. The van der Waals surface area contributed by atoms with Gasteiger partial charge in [-0.25, -0.2) is 4.79 Å². The molecule has 36 heavy (non-hydrogen) atoms. The molecular weight excluding hydrogens is 452 g/mol. The Balaban J connectivity index is 1.39. The molecule has 2 atom stereocenters. The molecule has 1 aromatic heterocycles. The lowest BCUT2D eigenvalue weighted by Gasteiger charge is -2.45. The molecule has 2 saturated heterocycles. The van der Waals surface area contributed by atoms with Crippen LogP contribution in [0.2, 0.25) is 0 Å². The monoisotopic (exact) mass is 496 g/mol. The molecule has 6 heteroatoms. The average molecular weight is 497 g/mol. The number of hydrogen-bond donors (Lipinski definition) is 0. The predicted molar refractivity (Wildman–Crippen MR) is 145 cm³/mol. The molecule has 2 aliphatic rings. The summed E-state index contributed by atoms with van der Waals surface area (Å²) in [5, 5.41) is 0.947. The fraction of sp³-hybridized carbons (Fsp3) is 0.667. The summed E-state index contributed by atoms with van der Waals surface area (Å²) in [6, 6.07) is 4.48. The smallest absolute Gasteiger partial charge is 0.339 e. The van der Waals surface area contributed by atoms with Gasteiger partial charge in [0.05, 0.1) is 0 Å². The van der Waals surface area contributed by atoms with Crippen LogP contribution < -0.4 is 10.4 Å². The zero-order chi connectivity index (χ0) is 25.7. The van der Waals surface area contributed by atoms with Crippen LogP contribution in [0.1, 0.15) is 81.4 Å². The molecule has 2 fully saturated rings. The van der Waals surface area contributed by atoms with Crippen LogP contribution in [0.25, 0.3) is 11.0 Å². The molecule has 6 nitrogen and oxygen atoms in total. The van der Waals surface area contributed by atoms with Crippen molar-refractivity contribution in [3.63, 3.8) is 0 Å². The number of fused-ring (bicyclic) bond motifs is 2. The maximum Gasteiger partial charge on any atom is 0.339 e. The van der Waals surface area contributed by atoms with Gasteiger partial charge in [0.2, 0.25) is 0 Å². The summed E-state index contributed by atoms with van der Waals surface area (Å²) >= 11 is 0. The first-order valence-electron chi connectivity index (χ1n) is 14.1. The van der Waals surface area contributed by atoms with Crippen LogP contribution in [0.3, 0.4) is 0 Å². The molecule has 0 aliphatic carbocycles. The average Bonchev–Trinajstić information content (AvgIpc) is 2.88. The number of benzene rings is 1. The van der Waals surface area contributed by atoms with Gasteiger partial charge in [0.25, 0.3) is 5.91 Å². The Kier molecular flexibility index (Phi) is 9.10. The number of piperidine rings is 2. The molecule has 0 spiro atoms. The largest absolute Gasteiger partial charge is 0.483 e. The molecule has 1 amide bonds. The highest BCUT2D eigenvalue weighted by atomic mass is 16.5. The first-order chi connectivity index (χ1) is 17.4. The Morgan fingerprint density at radius 1 is 1.08 bits per heavy atom. The summed E-state index contributed by atoms with van der Waals surface area (Å²) in [6.45, 7) is 9.28. The third-order valence-electron chi connectivity index (χ3n) is 8.45. The van der Waals surface area contributed by atoms with Crippen molar-refractivity contribution in [2.75, 3.05) is 33.3 Å². The molecule has 2 aliphatic heterocycles. The molecule has 0 N–H and O–H groups in total. The zero-order valence-corrected chi connectivity index (χ0v) is 22.7. The fourth-order valence-corrected chi connectivity index (χ4v) is 6.24. The molecule has 198 valence electrons. The van der Waals surface area contributed by atoms with Crippen molar-refractivity contribution in [2.45, 2.75) is 91.0 Å². The van der Waals surface area contributed by atoms with Gasteiger partial charge in [-0.15, -0.1) is 0 Å². The Bertz CT molecular complexity index is 1110. The van der Waals surface area contributed by atoms with Crippen LogP contribution >= 0.6 is 0 Å². The minimum atomic E-state index is -0.253. The number of unbranched alkanes of at least 4 members (excludes halogenated alkanes) is 3. The summed E-state index contributed by atoms with van der Waals surface area (Å²) < 4.78 is 11.7. The molecule has 4 rings (SSSR count). The molecular formula is C30H44N2O4. The topological polar surface area (TPSA) is 63.0 Å². The van der Waals surface area contributed by atoms with Crippen molar-refractivity contribution in [3.05, 3.63) is 39.2 Å². The highest BCUT2D eigenvalue weighted by Gasteiger charge is 2.34. The molecule has 3 heterocycles. The number of nitrogens with zero attached hydrogens (tertiary/aromatic N) is 2. The summed E-state index contributed by atoms with van der Waals surface area (Å²) in [4.78, 5) is 30.2. The SMILES string of the molecule is CCCCCCc1c(C)c2ccc(OCC(=O)N(C)C[C@@H]3CCCN4CCCC[C@H]34)c(C)c2oc1=O. The van der Waals surface area contributed by atoms with Crippen LogP contribution in [-0.2, 0) is 11.2 Å². The molecule has 0 unspecified atom stereocenters. The number of amides is 1. The molecule has 2 aromatic rings. The highest BCUT2D eigenvalue weighted by Crippen LogP contribution is 2.32. The Labute approximate surface area is 216 Å². The van der Waals surface area contributed by atoms with Crippen molar-refractivity contribution >= 4 is 16.9 Å². The molecule has 1 aromatic carbocycles. The second-order valence-corrected chi connectivity index (χ2v) is 10.9. The van der Waals surface area contributed by atoms with Gasteiger partial charge in [0, 0.05) is 36.1 Å². The van der Waals surface area contributed by atoms with E-state index in [1.807, 2.05) is 37.9 Å². The van der Waals surface area contributed by atoms with Gasteiger partial charge < -0.3 is 19.0 Å². The van der Waals surface area contributed by atoms with E-state index in [0.717, 1.165) is 47.9 Å². The van der Waals surface area contributed by atoms with Gasteiger partial charge in [-0.1, -0.05) is 32.6 Å². The van der Waals surface area contributed by atoms with E-state index in [4.69, 9.17) is 9.15 Å². The van der Waals surface area contributed by atoms with Gasteiger partial charge in [-0.05, 0) is 89.1 Å². The standard InChI is InChI=1S/C30H44N2O4/c1-5-6-7-8-13-25-21(2)24-15-16-27(22(3)29(24)36-30(25)34)35-20-28(33)31(4)19-23-12-11-18-32-17-10-9-14-26(23)32/h15-16,23,26H,5-14,17-20H2,1-4H3/t23-,26+/m0/s1. The third-order valence-corrected chi connectivity index (χ3v) is 8.45. The molecule has 0 bridgehead atoms. The first kappa shape index (κ1) is 26.7. The van der Waals surface area contributed by atoms with E-state index in [1.54, 1.807) is 0 Å². The van der Waals surface area contributed by atoms with Crippen LogP contribution in [0, 0.1) is 19.8 Å². The van der Waals surface area contributed by atoms with E-state index in [2.05, 4.69) is 11.8 Å². The Morgan fingerprint density at radius 2 is 1.89 bits per heavy atom. The second kappa shape index (κ2) is 12.3. The Morgan fingerprint density at radius 3 is 2.69 bits per heavy atom. The zero-order valence-electron chi connectivity index (χ0n) is 22.7. The number of carbonyl (C=O) groups is 1. The van der Waals surface area contributed by atoms with Crippen LogP contribution in [0.15, 0.2) is 21.3 Å². The minimum Gasteiger partial charge on any atom is -0.483 e. The second-order valence-electron chi connectivity index (χ2n) is 10.9. The van der Waals surface area contributed by atoms with Crippen molar-refractivity contribution < 1.29 is 13.9 Å². The van der Waals surface area contributed by atoms with Crippen LogP contribution in [0.5, 0.6) is 5.75 Å². The van der Waals surface area contributed by atoms with Crippen molar-refractivity contribution in [1.29, 1.82) is 0 Å². The van der Waals surface area contributed by atoms with Crippen LogP contribution in [-0.4, -0.2) is 55.0 Å². The summed E-state index contributed by atoms with van der Waals surface area (Å²) in [5.41, 5.74) is 2.85. The summed E-state index contributed by atoms with van der Waals surface area (Å²) in [7, 11) is 1.89. The van der Waals surface area contributed by atoms with E-state index < -0.39 is 0 Å². The lowest BCUT2D eigenvalue weighted by atomic mass is 9.83. The predicted octanol–water partition coefficient (Wildman–Crippen LogP) is 5.63. The highest BCUT2D eigenvalue weighted by molar-refractivity contribution is 5.86. The molecule has 0 radical (unpaired) electrons. The van der Waals surface area contributed by atoms with Gasteiger partial charge in [0.15, 0.2) is 6.61 Å². The van der Waals surface area contributed by atoms with E-state index in [1.165, 1.54) is 58.0 Å². The lowest BCUT2D eigenvalue weighted by Crippen LogP contribution is -2.51. The summed E-state index contributed by atoms with van der Waals surface area (Å²) in [5.74, 6) is 1.13.